The van der Waals surface area contributed by atoms with Crippen LogP contribution in [0.25, 0.3) is 0 Å². The van der Waals surface area contributed by atoms with Crippen LogP contribution >= 0.6 is 0 Å². The molecule has 2 bridgehead atoms. The van der Waals surface area contributed by atoms with Crippen LogP contribution in [0.2, 0.25) is 0 Å². The van der Waals surface area contributed by atoms with Gasteiger partial charge in [0.15, 0.2) is 0 Å². The molecule has 2 aromatic carbocycles. The van der Waals surface area contributed by atoms with Gasteiger partial charge in [0.2, 0.25) is 17.7 Å². The predicted molar refractivity (Wildman–Crippen MR) is 165 cm³/mol. The van der Waals surface area contributed by atoms with Crippen molar-refractivity contribution in [3.05, 3.63) is 87.8 Å². The smallest absolute Gasteiger partial charge is 0.337 e. The molecule has 11 nitrogen and oxygen atoms in total. The molecule has 0 radical (unpaired) electrons. The number of nitrogens with one attached hydrogen (secondary N) is 3. The first-order chi connectivity index (χ1) is 21.2. The van der Waals surface area contributed by atoms with Gasteiger partial charge in [-0.3, -0.25) is 19.2 Å². The number of aromatic nitrogens is 1. The molecule has 228 valence electrons. The van der Waals surface area contributed by atoms with Gasteiger partial charge in [0.1, 0.15) is 0 Å². The van der Waals surface area contributed by atoms with Crippen LogP contribution in [-0.2, 0) is 32.1 Å². The minimum atomic E-state index is -0.460. The number of piperidine rings is 1. The van der Waals surface area contributed by atoms with E-state index in [4.69, 9.17) is 4.74 Å². The summed E-state index contributed by atoms with van der Waals surface area (Å²) < 4.78 is 6.56. The SMILES string of the molecule is COC(=O)c1ccc(NC(=O)CCNC(=O)[C@@H]2Cc3cc(NC(C)=O)ccc3N3C[C@H]4C[C@H](c5cccc(=O)n5C4)[C@H]23)cc1. The van der Waals surface area contributed by atoms with Gasteiger partial charge in [0.25, 0.3) is 5.56 Å². The van der Waals surface area contributed by atoms with Crippen LogP contribution in [0.5, 0.6) is 0 Å². The number of carbonyl (C=O) groups is 4. The number of methoxy groups -OCH3 is 1. The zero-order chi connectivity index (χ0) is 31.0. The third kappa shape index (κ3) is 5.69. The quantitative estimate of drug-likeness (QED) is 0.356. The van der Waals surface area contributed by atoms with Crippen molar-refractivity contribution in [2.75, 3.05) is 35.7 Å². The summed E-state index contributed by atoms with van der Waals surface area (Å²) in [5.74, 6) is -1.23. The number of pyridine rings is 1. The number of esters is 1. The molecule has 1 fully saturated rings. The molecule has 11 heteroatoms. The maximum atomic E-state index is 13.9. The normalized spacial score (nSPS) is 21.2. The topological polar surface area (TPSA) is 139 Å². The highest BCUT2D eigenvalue weighted by molar-refractivity contribution is 5.93. The van der Waals surface area contributed by atoms with Gasteiger partial charge in [-0.05, 0) is 72.9 Å². The zero-order valence-electron chi connectivity index (χ0n) is 24.7. The molecule has 4 atom stereocenters. The highest BCUT2D eigenvalue weighted by atomic mass is 16.5. The molecule has 1 saturated heterocycles. The summed E-state index contributed by atoms with van der Waals surface area (Å²) in [6.07, 6.45) is 1.43. The fourth-order valence-electron chi connectivity index (χ4n) is 7.07. The lowest BCUT2D eigenvalue weighted by Gasteiger charge is -2.54. The Labute approximate surface area is 254 Å². The molecule has 4 heterocycles. The van der Waals surface area contributed by atoms with Crippen molar-refractivity contribution in [3.8, 4) is 0 Å². The minimum absolute atomic E-state index is 0.00780. The molecule has 3 aliphatic heterocycles. The van der Waals surface area contributed by atoms with E-state index in [1.54, 1.807) is 36.4 Å². The number of anilines is 3. The lowest BCUT2D eigenvalue weighted by Crippen LogP contribution is -2.60. The molecule has 6 rings (SSSR count). The van der Waals surface area contributed by atoms with Crippen LogP contribution in [0.4, 0.5) is 17.1 Å². The summed E-state index contributed by atoms with van der Waals surface area (Å²) in [6, 6.07) is 17.4. The number of hydrogen-bond acceptors (Lipinski definition) is 7. The van der Waals surface area contributed by atoms with Gasteiger partial charge in [0.05, 0.1) is 18.6 Å². The van der Waals surface area contributed by atoms with Crippen molar-refractivity contribution in [2.45, 2.75) is 44.7 Å². The Kier molecular flexibility index (Phi) is 7.94. The van der Waals surface area contributed by atoms with E-state index in [-0.39, 0.29) is 54.1 Å². The number of hydrogen-bond donors (Lipinski definition) is 3. The summed E-state index contributed by atoms with van der Waals surface area (Å²) in [5, 5.41) is 8.63. The van der Waals surface area contributed by atoms with Gasteiger partial charge in [-0.2, -0.15) is 0 Å². The van der Waals surface area contributed by atoms with Crippen LogP contribution in [0.3, 0.4) is 0 Å². The first-order valence-electron chi connectivity index (χ1n) is 14.8. The molecule has 0 unspecified atom stereocenters. The lowest BCUT2D eigenvalue weighted by atomic mass is 9.69. The second-order valence-electron chi connectivity index (χ2n) is 11.7. The van der Waals surface area contributed by atoms with Crippen molar-refractivity contribution in [1.82, 2.24) is 9.88 Å². The Morgan fingerprint density at radius 2 is 1.73 bits per heavy atom. The van der Waals surface area contributed by atoms with E-state index in [1.165, 1.54) is 14.0 Å². The summed E-state index contributed by atoms with van der Waals surface area (Å²) in [5.41, 5.74) is 4.56. The fourth-order valence-corrected chi connectivity index (χ4v) is 7.07. The number of benzene rings is 2. The monoisotopic (exact) mass is 597 g/mol. The van der Waals surface area contributed by atoms with Crippen LogP contribution in [0.15, 0.2) is 65.5 Å². The molecule has 3 aliphatic rings. The Balaban J connectivity index is 1.20. The molecular formula is C33H35N5O6. The largest absolute Gasteiger partial charge is 0.465 e. The predicted octanol–water partition coefficient (Wildman–Crippen LogP) is 2.90. The lowest BCUT2D eigenvalue weighted by molar-refractivity contribution is -0.126. The van der Waals surface area contributed by atoms with Crippen molar-refractivity contribution in [3.63, 3.8) is 0 Å². The Morgan fingerprint density at radius 3 is 2.48 bits per heavy atom. The Morgan fingerprint density at radius 1 is 0.955 bits per heavy atom. The van der Waals surface area contributed by atoms with Crippen molar-refractivity contribution >= 4 is 40.8 Å². The van der Waals surface area contributed by atoms with E-state index in [1.807, 2.05) is 28.8 Å². The van der Waals surface area contributed by atoms with Crippen LogP contribution < -0.4 is 26.4 Å². The van der Waals surface area contributed by atoms with Crippen molar-refractivity contribution in [1.29, 1.82) is 0 Å². The number of amides is 3. The van der Waals surface area contributed by atoms with Gasteiger partial charge in [-0.25, -0.2) is 4.79 Å². The minimum Gasteiger partial charge on any atom is -0.465 e. The van der Waals surface area contributed by atoms with Crippen LogP contribution in [0.1, 0.15) is 47.3 Å². The molecule has 3 amide bonds. The standard InChI is InChI=1S/C33H35N5O6/c1-19(39)35-24-10-11-27-22(15-24)16-26(31-25-14-20(18-38(27)31)17-37-28(25)4-3-5-30(37)41)32(42)34-13-12-29(40)36-23-8-6-21(7-9-23)33(43)44-2/h3-11,15,20,25-26,31H,12-14,16-18H2,1-2H3,(H,34,42)(H,35,39)(H,36,40)/t20-,25+,26+,31+/m0/s1. The molecule has 0 aliphatic carbocycles. The molecule has 3 N–H and O–H groups in total. The van der Waals surface area contributed by atoms with Gasteiger partial charge >= 0.3 is 5.97 Å². The van der Waals surface area contributed by atoms with Crippen molar-refractivity contribution < 1.29 is 23.9 Å². The summed E-state index contributed by atoms with van der Waals surface area (Å²) in [7, 11) is 1.30. The maximum Gasteiger partial charge on any atom is 0.337 e. The van der Waals surface area contributed by atoms with Gasteiger partial charge < -0.3 is 30.2 Å². The molecule has 0 spiro atoms. The highest BCUT2D eigenvalue weighted by Gasteiger charge is 2.49. The zero-order valence-corrected chi connectivity index (χ0v) is 24.7. The number of ether oxygens (including phenoxy) is 1. The number of rotatable bonds is 7. The van der Waals surface area contributed by atoms with Gasteiger partial charge in [-0.1, -0.05) is 6.07 Å². The molecule has 0 saturated carbocycles. The van der Waals surface area contributed by atoms with E-state index in [0.29, 0.717) is 29.9 Å². The summed E-state index contributed by atoms with van der Waals surface area (Å²) >= 11 is 0. The van der Waals surface area contributed by atoms with E-state index in [0.717, 1.165) is 29.9 Å². The number of fused-ring (bicyclic) bond motifs is 8. The van der Waals surface area contributed by atoms with Crippen LogP contribution in [0, 0.1) is 11.8 Å². The van der Waals surface area contributed by atoms with E-state index >= 15 is 0 Å². The first-order valence-corrected chi connectivity index (χ1v) is 14.8. The molecular weight excluding hydrogens is 562 g/mol. The molecule has 1 aromatic heterocycles. The Bertz CT molecular complexity index is 1680. The average Bonchev–Trinajstić information content (AvgIpc) is 3.00. The van der Waals surface area contributed by atoms with E-state index in [9.17, 15) is 24.0 Å². The summed E-state index contributed by atoms with van der Waals surface area (Å²) in [4.78, 5) is 65.0. The number of carbonyl (C=O) groups excluding carboxylic acids is 4. The molecule has 44 heavy (non-hydrogen) atoms. The third-order valence-electron chi connectivity index (χ3n) is 8.86. The number of nitrogens with zero attached hydrogens (tertiary/aromatic N) is 2. The van der Waals surface area contributed by atoms with E-state index in [2.05, 4.69) is 20.9 Å². The summed E-state index contributed by atoms with van der Waals surface area (Å²) in [6.45, 7) is 2.97. The third-order valence-corrected chi connectivity index (χ3v) is 8.86. The van der Waals surface area contributed by atoms with E-state index < -0.39 is 11.9 Å². The van der Waals surface area contributed by atoms with Crippen LogP contribution in [-0.4, -0.2) is 54.5 Å². The maximum absolute atomic E-state index is 13.9. The first kappa shape index (κ1) is 29.2. The van der Waals surface area contributed by atoms with Gasteiger partial charge in [0, 0.05) is 73.8 Å². The average molecular weight is 598 g/mol. The van der Waals surface area contributed by atoms with Crippen molar-refractivity contribution in [2.24, 2.45) is 11.8 Å². The second kappa shape index (κ2) is 12.0. The molecule has 3 aromatic rings. The second-order valence-corrected chi connectivity index (χ2v) is 11.7. The van der Waals surface area contributed by atoms with Gasteiger partial charge in [-0.15, -0.1) is 0 Å². The fraction of sp³-hybridized carbons (Fsp3) is 0.364. The Hall–Kier alpha value is -4.93. The highest BCUT2D eigenvalue weighted by Crippen LogP contribution is 2.48.